The highest BCUT2D eigenvalue weighted by Gasteiger charge is 2.30. The van der Waals surface area contributed by atoms with Crippen LogP contribution >= 0.6 is 24.0 Å². The van der Waals surface area contributed by atoms with Gasteiger partial charge >= 0.3 is 0 Å². The number of hydrogen-bond donors (Lipinski definition) is 0. The van der Waals surface area contributed by atoms with E-state index in [1.165, 1.54) is 17.3 Å². The van der Waals surface area contributed by atoms with Gasteiger partial charge in [0.05, 0.1) is 4.91 Å². The van der Waals surface area contributed by atoms with Crippen molar-refractivity contribution in [3.8, 4) is 11.1 Å². The quantitative estimate of drug-likeness (QED) is 0.456. The average Bonchev–Trinajstić information content (AvgIpc) is 2.84. The van der Waals surface area contributed by atoms with E-state index in [-0.39, 0.29) is 5.91 Å². The van der Waals surface area contributed by atoms with Gasteiger partial charge in [-0.3, -0.25) is 9.69 Å². The van der Waals surface area contributed by atoms with E-state index in [4.69, 9.17) is 12.2 Å². The molecule has 1 fully saturated rings. The van der Waals surface area contributed by atoms with E-state index in [1.54, 1.807) is 11.0 Å². The van der Waals surface area contributed by atoms with Crippen molar-refractivity contribution in [2.24, 2.45) is 0 Å². The van der Waals surface area contributed by atoms with Crippen LogP contribution in [-0.2, 0) is 4.79 Å². The smallest absolute Gasteiger partial charge is 0.266 e. The summed E-state index contributed by atoms with van der Waals surface area (Å²) in [5.41, 5.74) is 3.32. The van der Waals surface area contributed by atoms with Gasteiger partial charge < -0.3 is 0 Å². The molecule has 1 heterocycles. The third kappa shape index (κ3) is 3.44. The SMILES string of the molecule is C=CCN1C(=O)/C(=C\c2ccc(-c3ccccc3)cc2)SC1=S. The van der Waals surface area contributed by atoms with Crippen molar-refractivity contribution in [2.75, 3.05) is 6.54 Å². The Morgan fingerprint density at radius 1 is 1.04 bits per heavy atom. The molecule has 1 aliphatic heterocycles. The van der Waals surface area contributed by atoms with Gasteiger partial charge in [-0.2, -0.15) is 0 Å². The molecule has 2 aromatic rings. The molecule has 23 heavy (non-hydrogen) atoms. The van der Waals surface area contributed by atoms with Crippen LogP contribution in [0.4, 0.5) is 0 Å². The second-order valence-electron chi connectivity index (χ2n) is 5.07. The maximum atomic E-state index is 12.3. The summed E-state index contributed by atoms with van der Waals surface area (Å²) in [6.07, 6.45) is 3.57. The normalized spacial score (nSPS) is 16.2. The summed E-state index contributed by atoms with van der Waals surface area (Å²) in [5, 5.41) is 0. The number of benzene rings is 2. The second kappa shape index (κ2) is 6.94. The lowest BCUT2D eigenvalue weighted by Crippen LogP contribution is -2.27. The van der Waals surface area contributed by atoms with Gasteiger partial charge in [0.15, 0.2) is 0 Å². The van der Waals surface area contributed by atoms with E-state index >= 15 is 0 Å². The molecule has 4 heteroatoms. The molecule has 2 aromatic carbocycles. The van der Waals surface area contributed by atoms with Crippen molar-refractivity contribution in [2.45, 2.75) is 0 Å². The molecule has 2 nitrogen and oxygen atoms in total. The Bertz CT molecular complexity index is 779. The van der Waals surface area contributed by atoms with Crippen LogP contribution in [0.25, 0.3) is 17.2 Å². The van der Waals surface area contributed by atoms with Crippen LogP contribution in [0.1, 0.15) is 5.56 Å². The Morgan fingerprint density at radius 3 is 2.35 bits per heavy atom. The number of carbonyl (C=O) groups excluding carboxylic acids is 1. The first-order valence-corrected chi connectivity index (χ1v) is 8.43. The molecule has 0 bridgehead atoms. The molecule has 0 unspecified atom stereocenters. The van der Waals surface area contributed by atoms with Crippen molar-refractivity contribution >= 4 is 40.3 Å². The van der Waals surface area contributed by atoms with Gasteiger partial charge in [-0.05, 0) is 22.8 Å². The van der Waals surface area contributed by atoms with Crippen molar-refractivity contribution in [3.05, 3.63) is 77.7 Å². The molecule has 0 saturated carbocycles. The number of rotatable bonds is 4. The fourth-order valence-electron chi connectivity index (χ4n) is 2.34. The maximum absolute atomic E-state index is 12.3. The summed E-state index contributed by atoms with van der Waals surface area (Å²) in [5.74, 6) is -0.0490. The summed E-state index contributed by atoms with van der Waals surface area (Å²) < 4.78 is 0.585. The molecule has 0 N–H and O–H groups in total. The lowest BCUT2D eigenvalue weighted by atomic mass is 10.0. The predicted octanol–water partition coefficient (Wildman–Crippen LogP) is 4.74. The fraction of sp³-hybridized carbons (Fsp3) is 0.0526. The summed E-state index contributed by atoms with van der Waals surface area (Å²) in [6, 6.07) is 18.4. The highest BCUT2D eigenvalue weighted by Crippen LogP contribution is 2.32. The van der Waals surface area contributed by atoms with Crippen molar-refractivity contribution in [3.63, 3.8) is 0 Å². The summed E-state index contributed by atoms with van der Waals surface area (Å²) in [7, 11) is 0. The van der Waals surface area contributed by atoms with Gasteiger partial charge in [0.2, 0.25) is 0 Å². The zero-order chi connectivity index (χ0) is 16.2. The minimum atomic E-state index is -0.0490. The van der Waals surface area contributed by atoms with Gasteiger partial charge in [-0.1, -0.05) is 84.7 Å². The number of thioether (sulfide) groups is 1. The Hall–Kier alpha value is -2.17. The van der Waals surface area contributed by atoms with E-state index in [0.717, 1.165) is 11.1 Å². The predicted molar refractivity (Wildman–Crippen MR) is 102 cm³/mol. The Labute approximate surface area is 145 Å². The molecule has 1 saturated heterocycles. The number of nitrogens with zero attached hydrogens (tertiary/aromatic N) is 1. The largest absolute Gasteiger partial charge is 0.289 e. The van der Waals surface area contributed by atoms with Crippen LogP contribution in [0.5, 0.6) is 0 Å². The van der Waals surface area contributed by atoms with Crippen LogP contribution in [0, 0.1) is 0 Å². The number of hydrogen-bond acceptors (Lipinski definition) is 3. The van der Waals surface area contributed by atoms with Gasteiger partial charge in [-0.25, -0.2) is 0 Å². The molecule has 0 radical (unpaired) electrons. The van der Waals surface area contributed by atoms with E-state index in [1.807, 2.05) is 36.4 Å². The standard InChI is InChI=1S/C19H15NOS2/c1-2-12-20-18(21)17(23-19(20)22)13-14-8-10-16(11-9-14)15-6-4-3-5-7-15/h2-11,13H,1,12H2/b17-13+. The molecular weight excluding hydrogens is 322 g/mol. The number of amides is 1. The molecule has 0 aromatic heterocycles. The van der Waals surface area contributed by atoms with Gasteiger partial charge in [0.1, 0.15) is 4.32 Å². The molecule has 1 aliphatic rings. The molecule has 0 spiro atoms. The van der Waals surface area contributed by atoms with Crippen LogP contribution < -0.4 is 0 Å². The zero-order valence-corrected chi connectivity index (χ0v) is 14.1. The van der Waals surface area contributed by atoms with E-state index in [2.05, 4.69) is 30.8 Å². The molecular formula is C19H15NOS2. The summed E-state index contributed by atoms with van der Waals surface area (Å²) in [6.45, 7) is 4.11. The van der Waals surface area contributed by atoms with E-state index in [9.17, 15) is 4.79 Å². The Morgan fingerprint density at radius 2 is 1.70 bits per heavy atom. The highest BCUT2D eigenvalue weighted by atomic mass is 32.2. The first kappa shape index (κ1) is 15.7. The van der Waals surface area contributed by atoms with Gasteiger partial charge in [-0.15, -0.1) is 6.58 Å². The fourth-order valence-corrected chi connectivity index (χ4v) is 3.62. The number of thiocarbonyl (C=S) groups is 1. The van der Waals surface area contributed by atoms with Crippen molar-refractivity contribution < 1.29 is 4.79 Å². The Balaban J connectivity index is 1.82. The summed E-state index contributed by atoms with van der Waals surface area (Å²) in [4.78, 5) is 14.5. The number of carbonyl (C=O) groups is 1. The third-order valence-electron chi connectivity index (χ3n) is 3.50. The topological polar surface area (TPSA) is 20.3 Å². The molecule has 3 rings (SSSR count). The molecule has 0 atom stereocenters. The minimum absolute atomic E-state index is 0.0490. The van der Waals surface area contributed by atoms with Crippen LogP contribution in [0.15, 0.2) is 72.2 Å². The van der Waals surface area contributed by atoms with Gasteiger partial charge in [0, 0.05) is 6.54 Å². The van der Waals surface area contributed by atoms with Crippen LogP contribution in [0.2, 0.25) is 0 Å². The van der Waals surface area contributed by atoms with Gasteiger partial charge in [0.25, 0.3) is 5.91 Å². The minimum Gasteiger partial charge on any atom is -0.289 e. The first-order valence-electron chi connectivity index (χ1n) is 7.21. The zero-order valence-electron chi connectivity index (χ0n) is 12.4. The van der Waals surface area contributed by atoms with Crippen LogP contribution in [-0.4, -0.2) is 21.7 Å². The molecule has 0 aliphatic carbocycles. The van der Waals surface area contributed by atoms with Crippen LogP contribution in [0.3, 0.4) is 0 Å². The molecule has 1 amide bonds. The lowest BCUT2D eigenvalue weighted by molar-refractivity contribution is -0.121. The average molecular weight is 337 g/mol. The molecule has 114 valence electrons. The lowest BCUT2D eigenvalue weighted by Gasteiger charge is -2.10. The second-order valence-corrected chi connectivity index (χ2v) is 6.74. The first-order chi connectivity index (χ1) is 11.2. The monoisotopic (exact) mass is 337 g/mol. The van der Waals surface area contributed by atoms with Crippen molar-refractivity contribution in [1.29, 1.82) is 0 Å². The van der Waals surface area contributed by atoms with E-state index < -0.39 is 0 Å². The highest BCUT2D eigenvalue weighted by molar-refractivity contribution is 8.26. The third-order valence-corrected chi connectivity index (χ3v) is 4.88. The maximum Gasteiger partial charge on any atom is 0.266 e. The Kier molecular flexibility index (Phi) is 4.74. The summed E-state index contributed by atoms with van der Waals surface area (Å²) >= 11 is 6.58. The van der Waals surface area contributed by atoms with Crippen molar-refractivity contribution in [1.82, 2.24) is 4.90 Å². The van der Waals surface area contributed by atoms with E-state index in [0.29, 0.717) is 15.8 Å².